The summed E-state index contributed by atoms with van der Waals surface area (Å²) in [5, 5.41) is 3.21. The Kier molecular flexibility index (Phi) is 10.1. The lowest BCUT2D eigenvalue weighted by Crippen LogP contribution is -2.50. The molecule has 2 saturated heterocycles. The molecule has 0 radical (unpaired) electrons. The average Bonchev–Trinajstić information content (AvgIpc) is 3.74. The largest absolute Gasteiger partial charge is 0.444 e. The number of carbonyl (C=O) groups excluding carboxylic acids is 1. The van der Waals surface area contributed by atoms with E-state index in [2.05, 4.69) is 16.9 Å². The van der Waals surface area contributed by atoms with Crippen LogP contribution in [0.3, 0.4) is 0 Å². The van der Waals surface area contributed by atoms with Crippen molar-refractivity contribution >= 4 is 29.2 Å². The Labute approximate surface area is 241 Å². The van der Waals surface area contributed by atoms with E-state index in [0.29, 0.717) is 23.7 Å². The molecule has 1 amide bonds. The van der Waals surface area contributed by atoms with Crippen LogP contribution in [0.2, 0.25) is 0 Å². The van der Waals surface area contributed by atoms with E-state index in [1.54, 1.807) is 37.9 Å². The van der Waals surface area contributed by atoms with Gasteiger partial charge < -0.3 is 24.6 Å². The number of benzene rings is 1. The minimum atomic E-state index is -4.57. The van der Waals surface area contributed by atoms with E-state index >= 15 is 0 Å². The number of anilines is 3. The van der Waals surface area contributed by atoms with Crippen LogP contribution in [0, 0.1) is 6.92 Å². The first kappa shape index (κ1) is 32.0. The summed E-state index contributed by atoms with van der Waals surface area (Å²) in [6, 6.07) is 4.27. The monoisotopic (exact) mass is 574 g/mol. The second kappa shape index (κ2) is 13.0. The van der Waals surface area contributed by atoms with E-state index in [-0.39, 0.29) is 38.0 Å². The highest BCUT2D eigenvalue weighted by molar-refractivity contribution is 5.74. The molecule has 0 saturated carbocycles. The molecule has 2 fully saturated rings. The quantitative estimate of drug-likeness (QED) is 0.279. The lowest BCUT2D eigenvalue weighted by Gasteiger charge is -2.37. The van der Waals surface area contributed by atoms with Gasteiger partial charge in [0.1, 0.15) is 11.7 Å². The molecule has 2 aliphatic rings. The summed E-state index contributed by atoms with van der Waals surface area (Å²) >= 11 is 0. The fraction of sp³-hybridized carbons (Fsp3) is 0.484. The molecule has 3 heterocycles. The van der Waals surface area contributed by atoms with Gasteiger partial charge in [-0.15, -0.1) is 0 Å². The molecule has 4 rings (SSSR count). The Morgan fingerprint density at radius 3 is 2.34 bits per heavy atom. The number of nitrogens with one attached hydrogen (secondary N) is 1. The Morgan fingerprint density at radius 1 is 1.17 bits per heavy atom. The van der Waals surface area contributed by atoms with E-state index in [1.165, 1.54) is 11.0 Å². The maximum Gasteiger partial charge on any atom is 0.418 e. The third-order valence-corrected chi connectivity index (χ3v) is 6.44. The standard InChI is InChI=1S/C29H35F3N4O3.C2H6/c1-18(2)7-9-23-19(3)26(21(16-33-23)25-17-38-25)34-20-8-10-24(22(15-20)29(30,31)32)35-11-13-36(14-12-35)27(37)39-28(4,5)6;1-2/h7-10,15-16,25H,1,11-14,17H2,2-6H3,(H,33,34);1-2H3/b9-7-;. The maximum absolute atomic E-state index is 14.3. The summed E-state index contributed by atoms with van der Waals surface area (Å²) in [6.07, 6.45) is 0.209. The Hall–Kier alpha value is -3.53. The number of carbonyl (C=O) groups is 1. The Balaban J connectivity index is 0.00000226. The fourth-order valence-electron chi connectivity index (χ4n) is 4.39. The van der Waals surface area contributed by atoms with E-state index in [1.807, 2.05) is 39.8 Å². The van der Waals surface area contributed by atoms with Gasteiger partial charge in [0.15, 0.2) is 0 Å². The maximum atomic E-state index is 14.3. The van der Waals surface area contributed by atoms with Crippen LogP contribution in [-0.4, -0.2) is 54.4 Å². The number of piperazine rings is 1. The van der Waals surface area contributed by atoms with Crippen molar-refractivity contribution in [1.29, 1.82) is 0 Å². The molecule has 1 unspecified atom stereocenters. The molecule has 0 bridgehead atoms. The fourth-order valence-corrected chi connectivity index (χ4v) is 4.39. The number of hydrogen-bond acceptors (Lipinski definition) is 6. The molecule has 0 aliphatic carbocycles. The smallest absolute Gasteiger partial charge is 0.418 e. The topological polar surface area (TPSA) is 70.2 Å². The van der Waals surface area contributed by atoms with Crippen molar-refractivity contribution < 1.29 is 27.4 Å². The summed E-state index contributed by atoms with van der Waals surface area (Å²) in [6.45, 7) is 18.6. The second-order valence-electron chi connectivity index (χ2n) is 10.9. The van der Waals surface area contributed by atoms with Crippen molar-refractivity contribution in [1.82, 2.24) is 9.88 Å². The van der Waals surface area contributed by atoms with Crippen LogP contribution in [0.15, 0.2) is 42.6 Å². The average molecular weight is 575 g/mol. The van der Waals surface area contributed by atoms with Crippen LogP contribution in [0.1, 0.15) is 70.0 Å². The van der Waals surface area contributed by atoms with Gasteiger partial charge in [0.25, 0.3) is 0 Å². The number of hydrogen-bond donors (Lipinski definition) is 1. The number of halogens is 3. The Bertz CT molecular complexity index is 1270. The SMILES string of the molecule is C=C(C)/C=C\c1ncc(C2CO2)c(Nc2ccc(N3CCN(C(=O)OC(C)(C)C)CC3)c(C(F)(F)F)c2)c1C.CC. The molecular weight excluding hydrogens is 533 g/mol. The number of pyridine rings is 1. The van der Waals surface area contributed by atoms with Crippen LogP contribution in [0.25, 0.3) is 6.08 Å². The molecule has 2 aliphatic heterocycles. The number of rotatable bonds is 6. The molecular formula is C31H41F3N4O3. The minimum absolute atomic E-state index is 0.0826. The number of epoxide rings is 1. The van der Waals surface area contributed by atoms with Gasteiger partial charge in [-0.3, -0.25) is 4.98 Å². The lowest BCUT2D eigenvalue weighted by atomic mass is 10.0. The lowest BCUT2D eigenvalue weighted by molar-refractivity contribution is -0.137. The summed E-state index contributed by atoms with van der Waals surface area (Å²) in [4.78, 5) is 20.1. The zero-order valence-electron chi connectivity index (χ0n) is 25.0. The molecule has 1 aromatic carbocycles. The number of allylic oxidation sites excluding steroid dienone is 2. The number of nitrogens with zero attached hydrogens (tertiary/aromatic N) is 3. The molecule has 224 valence electrons. The van der Waals surface area contributed by atoms with Gasteiger partial charge in [0.05, 0.1) is 23.6 Å². The first-order valence-corrected chi connectivity index (χ1v) is 13.9. The van der Waals surface area contributed by atoms with Crippen molar-refractivity contribution in [3.8, 4) is 0 Å². The predicted molar refractivity (Wildman–Crippen MR) is 158 cm³/mol. The molecule has 1 atom stereocenters. The van der Waals surface area contributed by atoms with Gasteiger partial charge in [-0.2, -0.15) is 13.2 Å². The predicted octanol–water partition coefficient (Wildman–Crippen LogP) is 7.90. The first-order chi connectivity index (χ1) is 19.2. The summed E-state index contributed by atoms with van der Waals surface area (Å²) in [5.74, 6) is 0. The van der Waals surface area contributed by atoms with E-state index in [0.717, 1.165) is 22.8 Å². The van der Waals surface area contributed by atoms with Crippen molar-refractivity contribution in [2.45, 2.75) is 66.3 Å². The minimum Gasteiger partial charge on any atom is -0.444 e. The van der Waals surface area contributed by atoms with Gasteiger partial charge in [0.2, 0.25) is 0 Å². The van der Waals surface area contributed by atoms with Crippen LogP contribution in [0.4, 0.5) is 35.0 Å². The summed E-state index contributed by atoms with van der Waals surface area (Å²) in [5.41, 5.74) is 2.85. The third-order valence-electron chi connectivity index (χ3n) is 6.44. The molecule has 7 nitrogen and oxygen atoms in total. The summed E-state index contributed by atoms with van der Waals surface area (Å²) in [7, 11) is 0. The summed E-state index contributed by atoms with van der Waals surface area (Å²) < 4.78 is 53.7. The number of amides is 1. The highest BCUT2D eigenvalue weighted by Gasteiger charge is 2.37. The van der Waals surface area contributed by atoms with Gasteiger partial charge in [-0.05, 0) is 64.5 Å². The van der Waals surface area contributed by atoms with Crippen molar-refractivity contribution in [3.63, 3.8) is 0 Å². The highest BCUT2D eigenvalue weighted by Crippen LogP contribution is 2.42. The normalized spacial score (nSPS) is 17.2. The molecule has 41 heavy (non-hydrogen) atoms. The van der Waals surface area contributed by atoms with Crippen molar-refractivity contribution in [2.24, 2.45) is 0 Å². The molecule has 2 aromatic rings. The van der Waals surface area contributed by atoms with Gasteiger partial charge in [0, 0.05) is 49.3 Å². The van der Waals surface area contributed by atoms with Gasteiger partial charge in [-0.25, -0.2) is 4.79 Å². The third kappa shape index (κ3) is 8.48. The van der Waals surface area contributed by atoms with Crippen LogP contribution in [0.5, 0.6) is 0 Å². The zero-order chi connectivity index (χ0) is 30.5. The zero-order valence-corrected chi connectivity index (χ0v) is 25.0. The van der Waals surface area contributed by atoms with Gasteiger partial charge >= 0.3 is 12.3 Å². The molecule has 1 N–H and O–H groups in total. The molecule has 0 spiro atoms. The highest BCUT2D eigenvalue weighted by atomic mass is 19.4. The number of aromatic nitrogens is 1. The van der Waals surface area contributed by atoms with Crippen LogP contribution >= 0.6 is 0 Å². The second-order valence-corrected chi connectivity index (χ2v) is 10.9. The van der Waals surface area contributed by atoms with Gasteiger partial charge in [-0.1, -0.05) is 32.1 Å². The molecule has 10 heteroatoms. The number of ether oxygens (including phenoxy) is 2. The van der Waals surface area contributed by atoms with E-state index in [9.17, 15) is 18.0 Å². The molecule has 1 aromatic heterocycles. The van der Waals surface area contributed by atoms with Crippen molar-refractivity contribution in [3.05, 3.63) is 65.0 Å². The first-order valence-electron chi connectivity index (χ1n) is 13.9. The number of alkyl halides is 3. The van der Waals surface area contributed by atoms with E-state index in [4.69, 9.17) is 9.47 Å². The van der Waals surface area contributed by atoms with E-state index < -0.39 is 23.4 Å². The van der Waals surface area contributed by atoms with Crippen LogP contribution < -0.4 is 10.2 Å². The van der Waals surface area contributed by atoms with Crippen LogP contribution in [-0.2, 0) is 15.7 Å². The Morgan fingerprint density at radius 2 is 1.80 bits per heavy atom. The van der Waals surface area contributed by atoms with Crippen molar-refractivity contribution in [2.75, 3.05) is 43.0 Å².